The quantitative estimate of drug-likeness (QED) is 0.466. The number of nitrogens with zero attached hydrogens (tertiary/aromatic N) is 1. The lowest BCUT2D eigenvalue weighted by molar-refractivity contribution is 0.565. The number of alkyl halides is 2. The maximum Gasteiger partial charge on any atom is 0.240 e. The van der Waals surface area contributed by atoms with Gasteiger partial charge in [-0.15, -0.1) is 0 Å². The molecular weight excluding hydrogens is 286 g/mol. The Kier molecular flexibility index (Phi) is 3.66. The summed E-state index contributed by atoms with van der Waals surface area (Å²) in [6, 6.07) is 7.34. The molecule has 0 unspecified atom stereocenters. The molecule has 1 aromatic carbocycles. The molecule has 0 aliphatic carbocycles. The summed E-state index contributed by atoms with van der Waals surface area (Å²) in [5.74, 6) is 0. The average molecular weight is 291 g/mol. The van der Waals surface area contributed by atoms with Crippen molar-refractivity contribution < 1.29 is 4.79 Å². The summed E-state index contributed by atoms with van der Waals surface area (Å²) in [6.07, 6.45) is 1.51. The minimum atomic E-state index is 0.0123. The third kappa shape index (κ3) is 2.27. The van der Waals surface area contributed by atoms with E-state index in [1.807, 2.05) is 18.2 Å². The lowest BCUT2D eigenvalue weighted by atomic mass is 10.2. The third-order valence-electron chi connectivity index (χ3n) is 1.34. The summed E-state index contributed by atoms with van der Waals surface area (Å²) < 4.78 is 0.0123. The summed E-state index contributed by atoms with van der Waals surface area (Å²) in [5.41, 5.74) is 1.55. The van der Waals surface area contributed by atoms with Gasteiger partial charge in [0.05, 0.1) is 9.42 Å². The first-order chi connectivity index (χ1) is 5.75. The van der Waals surface area contributed by atoms with Crippen molar-refractivity contribution in [3.05, 3.63) is 29.8 Å². The van der Waals surface area contributed by atoms with Crippen molar-refractivity contribution in [2.75, 3.05) is 0 Å². The van der Waals surface area contributed by atoms with Gasteiger partial charge in [-0.2, -0.15) is 4.99 Å². The van der Waals surface area contributed by atoms with E-state index >= 15 is 0 Å². The van der Waals surface area contributed by atoms with Crippen molar-refractivity contribution in [2.24, 2.45) is 4.99 Å². The van der Waals surface area contributed by atoms with Crippen molar-refractivity contribution >= 4 is 43.6 Å². The predicted molar refractivity (Wildman–Crippen MR) is 54.8 cm³/mol. The van der Waals surface area contributed by atoms with Crippen molar-refractivity contribution in [2.45, 2.75) is 3.74 Å². The maximum absolute atomic E-state index is 10.0. The van der Waals surface area contributed by atoms with Gasteiger partial charge >= 0.3 is 0 Å². The molecule has 0 atom stereocenters. The van der Waals surface area contributed by atoms with Crippen LogP contribution < -0.4 is 0 Å². The minimum Gasteiger partial charge on any atom is -0.211 e. The van der Waals surface area contributed by atoms with E-state index in [1.165, 1.54) is 6.08 Å². The van der Waals surface area contributed by atoms with Crippen molar-refractivity contribution in [1.82, 2.24) is 0 Å². The number of benzene rings is 1. The monoisotopic (exact) mass is 289 g/mol. The summed E-state index contributed by atoms with van der Waals surface area (Å²) in [6.45, 7) is 0. The van der Waals surface area contributed by atoms with E-state index in [1.54, 1.807) is 6.07 Å². The van der Waals surface area contributed by atoms with Gasteiger partial charge in [-0.3, -0.25) is 0 Å². The number of rotatable bonds is 2. The molecule has 0 saturated carbocycles. The lowest BCUT2D eigenvalue weighted by Gasteiger charge is -2.03. The number of isocyanates is 1. The van der Waals surface area contributed by atoms with Gasteiger partial charge in [-0.1, -0.05) is 50.1 Å². The number of halogens is 2. The fourth-order valence-electron chi connectivity index (χ4n) is 0.823. The average Bonchev–Trinajstić information content (AvgIpc) is 2.05. The molecule has 1 aromatic rings. The van der Waals surface area contributed by atoms with E-state index in [0.717, 1.165) is 5.56 Å². The molecule has 1 rings (SSSR count). The van der Waals surface area contributed by atoms with Crippen LogP contribution in [0.25, 0.3) is 0 Å². The molecule has 0 aliphatic rings. The second-order valence-corrected chi connectivity index (χ2v) is 5.12. The Morgan fingerprint density at radius 2 is 2.00 bits per heavy atom. The van der Waals surface area contributed by atoms with Crippen LogP contribution in [0.2, 0.25) is 0 Å². The van der Waals surface area contributed by atoms with Crippen LogP contribution in [0.1, 0.15) is 9.30 Å². The van der Waals surface area contributed by atoms with Gasteiger partial charge in [0, 0.05) is 5.56 Å². The van der Waals surface area contributed by atoms with Gasteiger partial charge < -0.3 is 0 Å². The molecule has 62 valence electrons. The normalized spacial score (nSPS) is 9.58. The molecule has 0 saturated heterocycles. The van der Waals surface area contributed by atoms with Gasteiger partial charge in [0.25, 0.3) is 0 Å². The molecule has 0 aliphatic heterocycles. The van der Waals surface area contributed by atoms with Crippen LogP contribution in [0.4, 0.5) is 5.69 Å². The third-order valence-corrected chi connectivity index (χ3v) is 2.32. The fourth-order valence-corrected chi connectivity index (χ4v) is 1.60. The molecule has 0 spiro atoms. The van der Waals surface area contributed by atoms with E-state index in [0.29, 0.717) is 5.69 Å². The topological polar surface area (TPSA) is 29.4 Å². The number of hydrogen-bond acceptors (Lipinski definition) is 2. The molecule has 0 N–H and O–H groups in total. The van der Waals surface area contributed by atoms with E-state index in [-0.39, 0.29) is 3.74 Å². The second kappa shape index (κ2) is 4.55. The zero-order chi connectivity index (χ0) is 8.97. The lowest BCUT2D eigenvalue weighted by Crippen LogP contribution is -1.80. The Labute approximate surface area is 87.0 Å². The zero-order valence-electron chi connectivity index (χ0n) is 6.00. The van der Waals surface area contributed by atoms with Crippen LogP contribution in [-0.4, -0.2) is 6.08 Å². The first-order valence-corrected chi connectivity index (χ1v) is 5.04. The van der Waals surface area contributed by atoms with Crippen LogP contribution in [-0.2, 0) is 4.79 Å². The zero-order valence-corrected chi connectivity index (χ0v) is 9.17. The first kappa shape index (κ1) is 9.65. The Morgan fingerprint density at radius 3 is 2.58 bits per heavy atom. The minimum absolute atomic E-state index is 0.0123. The molecule has 0 radical (unpaired) electrons. The van der Waals surface area contributed by atoms with E-state index in [2.05, 4.69) is 36.9 Å². The number of hydrogen-bond donors (Lipinski definition) is 0. The van der Waals surface area contributed by atoms with Gasteiger partial charge in [0.1, 0.15) is 0 Å². The van der Waals surface area contributed by atoms with E-state index < -0.39 is 0 Å². The molecule has 0 amide bonds. The smallest absolute Gasteiger partial charge is 0.211 e. The Bertz CT molecular complexity index is 319. The number of carbonyl (C=O) groups excluding carboxylic acids is 1. The molecule has 0 bridgehead atoms. The highest BCUT2D eigenvalue weighted by atomic mass is 79.9. The summed E-state index contributed by atoms with van der Waals surface area (Å²) >= 11 is 6.66. The highest BCUT2D eigenvalue weighted by Crippen LogP contribution is 2.35. The van der Waals surface area contributed by atoms with Crippen LogP contribution >= 0.6 is 31.9 Å². The maximum atomic E-state index is 10.0. The molecule has 2 nitrogen and oxygen atoms in total. The standard InChI is InChI=1S/C8H5Br2NO/c9-8(10)6-3-1-2-4-7(6)11-5-12/h1-4,8H. The highest BCUT2D eigenvalue weighted by Gasteiger charge is 2.06. The number of para-hydroxylation sites is 1. The molecule has 0 aromatic heterocycles. The van der Waals surface area contributed by atoms with Crippen molar-refractivity contribution in [3.63, 3.8) is 0 Å². The largest absolute Gasteiger partial charge is 0.240 e. The Hall–Kier alpha value is -0.440. The van der Waals surface area contributed by atoms with Crippen LogP contribution in [0.3, 0.4) is 0 Å². The van der Waals surface area contributed by atoms with Crippen LogP contribution in [0, 0.1) is 0 Å². The predicted octanol–water partition coefficient (Wildman–Crippen LogP) is 3.44. The summed E-state index contributed by atoms with van der Waals surface area (Å²) in [7, 11) is 0. The molecule has 4 heteroatoms. The van der Waals surface area contributed by atoms with Gasteiger partial charge in [0.15, 0.2) is 0 Å². The highest BCUT2D eigenvalue weighted by molar-refractivity contribution is 9.24. The molecule has 0 fully saturated rings. The van der Waals surface area contributed by atoms with E-state index in [4.69, 9.17) is 0 Å². The summed E-state index contributed by atoms with van der Waals surface area (Å²) in [4.78, 5) is 13.6. The summed E-state index contributed by atoms with van der Waals surface area (Å²) in [5, 5.41) is 0. The molecular formula is C8H5Br2NO. The Balaban J connectivity index is 3.17. The molecule has 12 heavy (non-hydrogen) atoms. The van der Waals surface area contributed by atoms with Crippen molar-refractivity contribution in [3.8, 4) is 0 Å². The molecule has 0 heterocycles. The Morgan fingerprint density at radius 1 is 1.33 bits per heavy atom. The van der Waals surface area contributed by atoms with Crippen LogP contribution in [0.15, 0.2) is 29.3 Å². The van der Waals surface area contributed by atoms with Gasteiger partial charge in [-0.25, -0.2) is 4.79 Å². The first-order valence-electron chi connectivity index (χ1n) is 3.20. The van der Waals surface area contributed by atoms with Gasteiger partial charge in [-0.05, 0) is 6.07 Å². The fraction of sp³-hybridized carbons (Fsp3) is 0.125. The number of aliphatic imine (C=N–C) groups is 1. The second-order valence-electron chi connectivity index (χ2n) is 2.06. The SMILES string of the molecule is O=C=Nc1ccccc1C(Br)Br. The van der Waals surface area contributed by atoms with Crippen LogP contribution in [0.5, 0.6) is 0 Å². The van der Waals surface area contributed by atoms with Gasteiger partial charge in [0.2, 0.25) is 6.08 Å². The van der Waals surface area contributed by atoms with E-state index in [9.17, 15) is 4.79 Å². The van der Waals surface area contributed by atoms with Crippen molar-refractivity contribution in [1.29, 1.82) is 0 Å².